The fourth-order valence-corrected chi connectivity index (χ4v) is 3.73. The van der Waals surface area contributed by atoms with Gasteiger partial charge in [-0.05, 0) is 36.3 Å². The molecule has 0 radical (unpaired) electrons. The summed E-state index contributed by atoms with van der Waals surface area (Å²) in [6.45, 7) is 7.56. The number of piperidine rings is 1. The van der Waals surface area contributed by atoms with Crippen LogP contribution in [0.2, 0.25) is 0 Å². The van der Waals surface area contributed by atoms with Crippen LogP contribution in [0.1, 0.15) is 37.3 Å². The van der Waals surface area contributed by atoms with Gasteiger partial charge in [0.2, 0.25) is 0 Å². The predicted molar refractivity (Wildman–Crippen MR) is 113 cm³/mol. The number of aliphatic hydroxyl groups excluding tert-OH is 1. The first-order chi connectivity index (χ1) is 11.6. The molecule has 3 rings (SSSR count). The van der Waals surface area contributed by atoms with Crippen LogP contribution in [-0.4, -0.2) is 53.1 Å². The Kier molecular flexibility index (Phi) is 7.96. The molecule has 25 heavy (non-hydrogen) atoms. The molecule has 0 aliphatic carbocycles. The van der Waals surface area contributed by atoms with Crippen LogP contribution in [0.5, 0.6) is 0 Å². The maximum atomic E-state index is 9.70. The van der Waals surface area contributed by atoms with Gasteiger partial charge in [0, 0.05) is 32.7 Å². The van der Waals surface area contributed by atoms with Crippen LogP contribution in [0.4, 0.5) is 0 Å². The van der Waals surface area contributed by atoms with Gasteiger partial charge in [-0.15, -0.1) is 24.0 Å². The third kappa shape index (κ3) is 5.82. The Labute approximate surface area is 168 Å². The highest BCUT2D eigenvalue weighted by atomic mass is 127. The second-order valence-electron chi connectivity index (χ2n) is 7.31. The van der Waals surface area contributed by atoms with E-state index in [0.29, 0.717) is 18.4 Å². The second-order valence-corrected chi connectivity index (χ2v) is 7.31. The third-order valence-corrected chi connectivity index (χ3v) is 5.15. The van der Waals surface area contributed by atoms with E-state index < -0.39 is 0 Å². The Balaban J connectivity index is 0.00000225. The van der Waals surface area contributed by atoms with Crippen molar-refractivity contribution in [1.29, 1.82) is 0 Å². The van der Waals surface area contributed by atoms with E-state index in [-0.39, 0.29) is 30.1 Å². The lowest BCUT2D eigenvalue weighted by molar-refractivity contribution is 0.174. The Bertz CT molecular complexity index is 580. The summed E-state index contributed by atoms with van der Waals surface area (Å²) in [6, 6.07) is 8.43. The minimum Gasteiger partial charge on any atom is -0.392 e. The molecule has 6 heteroatoms. The van der Waals surface area contributed by atoms with Gasteiger partial charge in [-0.2, -0.15) is 0 Å². The molecule has 1 aromatic rings. The monoisotopic (exact) mass is 458 g/mol. The molecular formula is C19H31IN4O. The minimum atomic E-state index is -0.174. The van der Waals surface area contributed by atoms with Crippen molar-refractivity contribution in [3.05, 3.63) is 35.4 Å². The van der Waals surface area contributed by atoms with Gasteiger partial charge in [0.05, 0.1) is 12.6 Å². The fourth-order valence-electron chi connectivity index (χ4n) is 3.73. The maximum Gasteiger partial charge on any atom is 0.191 e. The van der Waals surface area contributed by atoms with E-state index in [1.807, 2.05) is 0 Å². The summed E-state index contributed by atoms with van der Waals surface area (Å²) in [5, 5.41) is 9.70. The van der Waals surface area contributed by atoms with E-state index in [4.69, 9.17) is 5.73 Å². The van der Waals surface area contributed by atoms with Crippen LogP contribution >= 0.6 is 24.0 Å². The zero-order chi connectivity index (χ0) is 16.9. The molecule has 2 saturated heterocycles. The summed E-state index contributed by atoms with van der Waals surface area (Å²) in [5.74, 6) is 1.37. The number of β-amino-alcohol motifs (C(OH)–C–C–N with tert-alkyl or cyclic N) is 1. The molecule has 0 aromatic heterocycles. The molecule has 0 spiro atoms. The number of aliphatic imine (C=N–C) groups is 1. The number of rotatable bonds is 4. The third-order valence-electron chi connectivity index (χ3n) is 5.15. The van der Waals surface area contributed by atoms with Crippen molar-refractivity contribution in [3.63, 3.8) is 0 Å². The number of benzene rings is 1. The molecule has 2 atom stereocenters. The van der Waals surface area contributed by atoms with E-state index >= 15 is 0 Å². The lowest BCUT2D eigenvalue weighted by atomic mass is 10.0. The molecule has 5 nitrogen and oxygen atoms in total. The van der Waals surface area contributed by atoms with Gasteiger partial charge in [-0.25, -0.2) is 4.99 Å². The number of nitrogens with two attached hydrogens (primary N) is 1. The summed E-state index contributed by atoms with van der Waals surface area (Å²) < 4.78 is 0. The summed E-state index contributed by atoms with van der Waals surface area (Å²) in [4.78, 5) is 9.18. The molecule has 3 N–H and O–H groups in total. The van der Waals surface area contributed by atoms with Gasteiger partial charge < -0.3 is 15.7 Å². The minimum absolute atomic E-state index is 0. The van der Waals surface area contributed by atoms with E-state index in [2.05, 4.69) is 46.0 Å². The SMILES string of the molecule is CC1CCCN(C(N)=NCc2ccccc2CN2CCC(O)C2)C1.I. The summed E-state index contributed by atoms with van der Waals surface area (Å²) in [6.07, 6.45) is 3.19. The van der Waals surface area contributed by atoms with E-state index in [1.54, 1.807) is 0 Å². The Morgan fingerprint density at radius 1 is 1.20 bits per heavy atom. The first-order valence-electron chi connectivity index (χ1n) is 9.14. The largest absolute Gasteiger partial charge is 0.392 e. The van der Waals surface area contributed by atoms with Crippen molar-refractivity contribution >= 4 is 29.9 Å². The lowest BCUT2D eigenvalue weighted by Gasteiger charge is -2.31. The van der Waals surface area contributed by atoms with Crippen molar-refractivity contribution in [2.45, 2.75) is 45.4 Å². The standard InChI is InChI=1S/C19H30N4O.HI/c1-15-5-4-9-23(12-15)19(20)21-11-16-6-2-3-7-17(16)13-22-10-8-18(24)14-22;/h2-3,6-7,15,18,24H,4-5,8-14H2,1H3,(H2,20,21);1H. The van der Waals surface area contributed by atoms with Gasteiger partial charge >= 0.3 is 0 Å². The maximum absolute atomic E-state index is 9.70. The lowest BCUT2D eigenvalue weighted by Crippen LogP contribution is -2.43. The van der Waals surface area contributed by atoms with Crippen molar-refractivity contribution in [3.8, 4) is 0 Å². The van der Waals surface area contributed by atoms with Gasteiger partial charge in [-0.1, -0.05) is 31.2 Å². The quantitative estimate of drug-likeness (QED) is 0.413. The second kappa shape index (κ2) is 9.73. The van der Waals surface area contributed by atoms with Gasteiger partial charge in [0.1, 0.15) is 0 Å². The molecule has 0 bridgehead atoms. The van der Waals surface area contributed by atoms with E-state index in [1.165, 1.54) is 24.0 Å². The summed E-state index contributed by atoms with van der Waals surface area (Å²) in [7, 11) is 0. The molecule has 2 aliphatic rings. The first-order valence-corrected chi connectivity index (χ1v) is 9.14. The van der Waals surface area contributed by atoms with Crippen LogP contribution in [-0.2, 0) is 13.1 Å². The molecule has 0 saturated carbocycles. The smallest absolute Gasteiger partial charge is 0.191 e. The van der Waals surface area contributed by atoms with E-state index in [9.17, 15) is 5.11 Å². The zero-order valence-corrected chi connectivity index (χ0v) is 17.4. The predicted octanol–water partition coefficient (Wildman–Crippen LogP) is 2.42. The zero-order valence-electron chi connectivity index (χ0n) is 15.1. The van der Waals surface area contributed by atoms with Gasteiger partial charge in [-0.3, -0.25) is 4.90 Å². The molecule has 0 amide bonds. The molecule has 2 fully saturated rings. The summed E-state index contributed by atoms with van der Waals surface area (Å²) >= 11 is 0. The molecule has 2 heterocycles. The number of guanidine groups is 1. The van der Waals surface area contributed by atoms with Crippen LogP contribution < -0.4 is 5.73 Å². The molecule has 2 unspecified atom stereocenters. The number of hydrogen-bond donors (Lipinski definition) is 2. The van der Waals surface area contributed by atoms with Crippen molar-refractivity contribution in [1.82, 2.24) is 9.80 Å². The van der Waals surface area contributed by atoms with Crippen LogP contribution in [0.3, 0.4) is 0 Å². The van der Waals surface area contributed by atoms with Crippen molar-refractivity contribution < 1.29 is 5.11 Å². The van der Waals surface area contributed by atoms with Crippen molar-refractivity contribution in [2.24, 2.45) is 16.6 Å². The highest BCUT2D eigenvalue weighted by Gasteiger charge is 2.21. The van der Waals surface area contributed by atoms with Gasteiger partial charge in [0.15, 0.2) is 5.96 Å². The van der Waals surface area contributed by atoms with Crippen molar-refractivity contribution in [2.75, 3.05) is 26.2 Å². The fraction of sp³-hybridized carbons (Fsp3) is 0.632. The average molecular weight is 458 g/mol. The molecule has 140 valence electrons. The highest BCUT2D eigenvalue weighted by Crippen LogP contribution is 2.18. The highest BCUT2D eigenvalue weighted by molar-refractivity contribution is 14.0. The number of hydrogen-bond acceptors (Lipinski definition) is 3. The van der Waals surface area contributed by atoms with Crippen LogP contribution in [0, 0.1) is 5.92 Å². The summed E-state index contributed by atoms with van der Waals surface area (Å²) in [5.41, 5.74) is 8.74. The average Bonchev–Trinajstić information content (AvgIpc) is 2.99. The topological polar surface area (TPSA) is 65.1 Å². The Hall–Kier alpha value is -0.860. The van der Waals surface area contributed by atoms with Gasteiger partial charge in [0.25, 0.3) is 0 Å². The number of nitrogens with zero attached hydrogens (tertiary/aromatic N) is 3. The molecule has 2 aliphatic heterocycles. The Morgan fingerprint density at radius 3 is 2.64 bits per heavy atom. The first kappa shape index (κ1) is 20.5. The number of aliphatic hydroxyl groups is 1. The number of likely N-dealkylation sites (tertiary alicyclic amines) is 2. The normalized spacial score (nSPS) is 25.0. The Morgan fingerprint density at radius 2 is 1.96 bits per heavy atom. The molecular weight excluding hydrogens is 427 g/mol. The molecule has 1 aromatic carbocycles. The van der Waals surface area contributed by atoms with Crippen LogP contribution in [0.25, 0.3) is 0 Å². The van der Waals surface area contributed by atoms with E-state index in [0.717, 1.165) is 39.1 Å². The number of halogens is 1. The van der Waals surface area contributed by atoms with Crippen LogP contribution in [0.15, 0.2) is 29.3 Å².